The maximum Gasteiger partial charge on any atom is 0.417 e. The van der Waals surface area contributed by atoms with Crippen LogP contribution in [0, 0.1) is 11.3 Å². The van der Waals surface area contributed by atoms with Gasteiger partial charge in [-0.1, -0.05) is 13.8 Å². The molecule has 5 nitrogen and oxygen atoms in total. The average Bonchev–Trinajstić information content (AvgIpc) is 2.51. The Bertz CT molecular complexity index is 703. The van der Waals surface area contributed by atoms with E-state index in [9.17, 15) is 21.6 Å². The molecule has 0 bridgehead atoms. The molecule has 0 saturated heterocycles. The van der Waals surface area contributed by atoms with Crippen molar-refractivity contribution in [2.24, 2.45) is 5.73 Å². The number of nitrogens with two attached hydrogens (primary N) is 1. The molecule has 0 aromatic heterocycles. The zero-order valence-corrected chi connectivity index (χ0v) is 14.8. The van der Waals surface area contributed by atoms with Crippen molar-refractivity contribution in [3.05, 3.63) is 29.3 Å². The van der Waals surface area contributed by atoms with Crippen LogP contribution in [0.25, 0.3) is 0 Å². The highest BCUT2D eigenvalue weighted by molar-refractivity contribution is 7.89. The van der Waals surface area contributed by atoms with Crippen molar-refractivity contribution in [2.45, 2.75) is 43.3 Å². The van der Waals surface area contributed by atoms with Crippen LogP contribution in [0.1, 0.15) is 37.8 Å². The summed E-state index contributed by atoms with van der Waals surface area (Å²) >= 11 is 0. The maximum atomic E-state index is 12.8. The lowest BCUT2D eigenvalue weighted by Gasteiger charge is -2.31. The number of nitrogens with one attached hydrogen (secondary N) is 1. The van der Waals surface area contributed by atoms with Gasteiger partial charge in [0.05, 0.1) is 22.1 Å². The van der Waals surface area contributed by atoms with Crippen molar-refractivity contribution in [1.29, 1.82) is 5.26 Å². The molecular formula is C14H19ClF3N3O2S. The highest BCUT2D eigenvalue weighted by Crippen LogP contribution is 2.33. The maximum absolute atomic E-state index is 12.8. The minimum atomic E-state index is -4.73. The van der Waals surface area contributed by atoms with E-state index in [1.165, 1.54) is 6.07 Å². The molecule has 0 aliphatic rings. The molecule has 0 radical (unpaired) electrons. The predicted molar refractivity (Wildman–Crippen MR) is 86.1 cm³/mol. The fourth-order valence-electron chi connectivity index (χ4n) is 2.10. The second kappa shape index (κ2) is 8.16. The van der Waals surface area contributed by atoms with Crippen molar-refractivity contribution in [1.82, 2.24) is 4.72 Å². The largest absolute Gasteiger partial charge is 0.417 e. The van der Waals surface area contributed by atoms with Crippen molar-refractivity contribution < 1.29 is 21.6 Å². The summed E-state index contributed by atoms with van der Waals surface area (Å²) in [7, 11) is -4.10. The number of nitriles is 1. The highest BCUT2D eigenvalue weighted by atomic mass is 35.5. The Morgan fingerprint density at radius 3 is 2.17 bits per heavy atom. The van der Waals surface area contributed by atoms with Crippen molar-refractivity contribution >= 4 is 22.4 Å². The number of hydrogen-bond donors (Lipinski definition) is 2. The Labute approximate surface area is 145 Å². The second-order valence-corrected chi connectivity index (χ2v) is 6.80. The van der Waals surface area contributed by atoms with Crippen LogP contribution in [0.5, 0.6) is 0 Å². The van der Waals surface area contributed by atoms with E-state index in [2.05, 4.69) is 4.72 Å². The molecule has 0 heterocycles. The Morgan fingerprint density at radius 2 is 1.79 bits per heavy atom. The van der Waals surface area contributed by atoms with Crippen LogP contribution >= 0.6 is 12.4 Å². The first-order valence-corrected chi connectivity index (χ1v) is 8.39. The van der Waals surface area contributed by atoms with Crippen LogP contribution in [-0.4, -0.2) is 20.5 Å². The van der Waals surface area contributed by atoms with E-state index in [0.717, 1.165) is 12.1 Å². The number of hydrogen-bond acceptors (Lipinski definition) is 4. The topological polar surface area (TPSA) is 96.0 Å². The summed E-state index contributed by atoms with van der Waals surface area (Å²) in [6, 6.07) is 3.53. The second-order valence-electron chi connectivity index (χ2n) is 5.11. The van der Waals surface area contributed by atoms with E-state index in [1.54, 1.807) is 13.8 Å². The van der Waals surface area contributed by atoms with Crippen LogP contribution in [0.3, 0.4) is 0 Å². The molecule has 1 aromatic rings. The zero-order chi connectivity index (χ0) is 17.9. The van der Waals surface area contributed by atoms with Gasteiger partial charge in [-0.15, -0.1) is 12.4 Å². The van der Waals surface area contributed by atoms with Gasteiger partial charge in [0.25, 0.3) is 0 Å². The molecule has 3 N–H and O–H groups in total. The van der Waals surface area contributed by atoms with Crippen LogP contribution in [-0.2, 0) is 16.2 Å². The summed E-state index contributed by atoms with van der Waals surface area (Å²) < 4.78 is 65.5. The standard InChI is InChI=1S/C14H18F3N3O2S.ClH/c1-3-13(4-2,9-19)20-23(21,22)11-5-6-12(14(15,16)17)10(7-11)8-18;/h5-7,20H,3-4,9,19H2,1-2H3;1H. The Morgan fingerprint density at radius 1 is 1.25 bits per heavy atom. The first-order valence-electron chi connectivity index (χ1n) is 6.90. The van der Waals surface area contributed by atoms with Crippen LogP contribution in [0.15, 0.2) is 23.1 Å². The van der Waals surface area contributed by atoms with Crippen LogP contribution in [0.4, 0.5) is 13.2 Å². The number of nitrogens with zero attached hydrogens (tertiary/aromatic N) is 1. The fourth-order valence-corrected chi connectivity index (χ4v) is 3.68. The van der Waals surface area contributed by atoms with Gasteiger partial charge in [-0.2, -0.15) is 18.4 Å². The van der Waals surface area contributed by atoms with Gasteiger partial charge >= 0.3 is 6.18 Å². The quantitative estimate of drug-likeness (QED) is 0.786. The smallest absolute Gasteiger partial charge is 0.329 e. The Hall–Kier alpha value is -1.34. The Balaban J connectivity index is 0.00000529. The van der Waals surface area contributed by atoms with E-state index < -0.39 is 37.8 Å². The highest BCUT2D eigenvalue weighted by Gasteiger charge is 2.35. The van der Waals surface area contributed by atoms with Crippen molar-refractivity contribution in [3.8, 4) is 6.07 Å². The fraction of sp³-hybridized carbons (Fsp3) is 0.500. The molecule has 10 heteroatoms. The van der Waals surface area contributed by atoms with E-state index >= 15 is 0 Å². The molecule has 0 amide bonds. The van der Waals surface area contributed by atoms with Gasteiger partial charge < -0.3 is 5.73 Å². The molecule has 1 aromatic carbocycles. The minimum absolute atomic E-state index is 0. The van der Waals surface area contributed by atoms with E-state index in [0.29, 0.717) is 18.9 Å². The molecule has 0 aliphatic carbocycles. The van der Waals surface area contributed by atoms with E-state index in [4.69, 9.17) is 11.0 Å². The summed E-state index contributed by atoms with van der Waals surface area (Å²) in [5.74, 6) is 0. The number of alkyl halides is 3. The summed E-state index contributed by atoms with van der Waals surface area (Å²) in [4.78, 5) is -0.401. The zero-order valence-electron chi connectivity index (χ0n) is 13.1. The number of benzene rings is 1. The first kappa shape index (κ1) is 22.7. The number of sulfonamides is 1. The molecule has 0 aliphatic heterocycles. The lowest BCUT2D eigenvalue weighted by Crippen LogP contribution is -2.52. The SMILES string of the molecule is CCC(CC)(CN)NS(=O)(=O)c1ccc(C(F)(F)F)c(C#N)c1.Cl. The van der Waals surface area contributed by atoms with Gasteiger partial charge in [0.2, 0.25) is 10.0 Å². The third-order valence-electron chi connectivity index (χ3n) is 3.82. The van der Waals surface area contributed by atoms with Crippen molar-refractivity contribution in [3.63, 3.8) is 0 Å². The van der Waals surface area contributed by atoms with E-state index in [1.807, 2.05) is 0 Å². The van der Waals surface area contributed by atoms with Crippen LogP contribution in [0.2, 0.25) is 0 Å². The van der Waals surface area contributed by atoms with Crippen molar-refractivity contribution in [2.75, 3.05) is 6.54 Å². The molecule has 0 spiro atoms. The van der Waals surface area contributed by atoms with Gasteiger partial charge in [-0.05, 0) is 31.0 Å². The predicted octanol–water partition coefficient (Wildman–Crippen LogP) is 2.79. The van der Waals surface area contributed by atoms with Gasteiger partial charge in [0.15, 0.2) is 0 Å². The molecule has 1 rings (SSSR count). The molecular weight excluding hydrogens is 367 g/mol. The average molecular weight is 386 g/mol. The summed E-state index contributed by atoms with van der Waals surface area (Å²) in [5.41, 5.74) is 2.83. The summed E-state index contributed by atoms with van der Waals surface area (Å²) in [6.07, 6.45) is -3.88. The Kier molecular flexibility index (Phi) is 7.70. The van der Waals surface area contributed by atoms with Gasteiger partial charge in [-0.25, -0.2) is 13.1 Å². The number of halogens is 4. The monoisotopic (exact) mass is 385 g/mol. The normalized spacial score (nSPS) is 12.4. The third-order valence-corrected chi connectivity index (χ3v) is 5.40. The minimum Gasteiger partial charge on any atom is -0.329 e. The lowest BCUT2D eigenvalue weighted by molar-refractivity contribution is -0.137. The summed E-state index contributed by atoms with van der Waals surface area (Å²) in [6.45, 7) is 3.56. The van der Waals surface area contributed by atoms with Gasteiger partial charge in [0.1, 0.15) is 0 Å². The molecule has 136 valence electrons. The molecule has 0 fully saturated rings. The molecule has 0 saturated carbocycles. The van der Waals surface area contributed by atoms with Gasteiger partial charge in [0, 0.05) is 12.1 Å². The number of rotatable bonds is 6. The lowest BCUT2D eigenvalue weighted by atomic mass is 9.95. The van der Waals surface area contributed by atoms with Crippen LogP contribution < -0.4 is 10.5 Å². The van der Waals surface area contributed by atoms with E-state index in [-0.39, 0.29) is 19.0 Å². The first-order chi connectivity index (χ1) is 10.5. The molecule has 24 heavy (non-hydrogen) atoms. The van der Waals surface area contributed by atoms with Gasteiger partial charge in [-0.3, -0.25) is 0 Å². The molecule has 0 unspecified atom stereocenters. The summed E-state index contributed by atoms with van der Waals surface area (Å²) in [5, 5.41) is 8.86. The third kappa shape index (κ3) is 4.83. The molecule has 0 atom stereocenters.